The Morgan fingerprint density at radius 1 is 1.25 bits per heavy atom. The number of methoxy groups -OCH3 is 1. The van der Waals surface area contributed by atoms with E-state index in [1.807, 2.05) is 0 Å². The second-order valence-electron chi connectivity index (χ2n) is 1.93. The molecule has 0 fully saturated rings. The van der Waals surface area contributed by atoms with Crippen molar-refractivity contribution in [2.75, 3.05) is 7.11 Å². The summed E-state index contributed by atoms with van der Waals surface area (Å²) in [6.07, 6.45) is 0. The van der Waals surface area contributed by atoms with Gasteiger partial charge < -0.3 is 4.74 Å². The van der Waals surface area contributed by atoms with E-state index in [0.29, 0.717) is 5.75 Å². The van der Waals surface area contributed by atoms with Crippen LogP contribution in [0.2, 0.25) is 0 Å². The summed E-state index contributed by atoms with van der Waals surface area (Å²) in [6, 6.07) is 6.50. The van der Waals surface area contributed by atoms with Crippen molar-refractivity contribution < 1.29 is 13.2 Å². The van der Waals surface area contributed by atoms with Gasteiger partial charge in [-0.1, -0.05) is 12.1 Å². The summed E-state index contributed by atoms with van der Waals surface area (Å²) in [4.78, 5) is 0.227. The van der Waals surface area contributed by atoms with Crippen molar-refractivity contribution in [3.63, 3.8) is 0 Å². The van der Waals surface area contributed by atoms with E-state index in [-0.39, 0.29) is 22.8 Å². The second kappa shape index (κ2) is 5.22. The molecule has 1 atom stereocenters. The van der Waals surface area contributed by atoms with Gasteiger partial charge in [0.1, 0.15) is 10.6 Å². The number of ether oxygens (including phenoxy) is 1. The van der Waals surface area contributed by atoms with Crippen molar-refractivity contribution in [3.05, 3.63) is 24.3 Å². The molecule has 0 aliphatic heterocycles. The normalized spacial score (nSPS) is 9.17. The molecule has 5 heteroatoms. The van der Waals surface area contributed by atoms with Gasteiger partial charge in [-0.3, -0.25) is 0 Å². The number of hydrogen-bond donors (Lipinski definition) is 1. The van der Waals surface area contributed by atoms with E-state index in [1.165, 1.54) is 13.2 Å². The van der Waals surface area contributed by atoms with Gasteiger partial charge in [-0.25, -0.2) is 8.42 Å². The first-order chi connectivity index (χ1) is 5.25. The molecule has 1 aromatic carbocycles. The fraction of sp³-hybridized carbons (Fsp3) is 0.143. The van der Waals surface area contributed by atoms with Gasteiger partial charge in [0.2, 0.25) is 0 Å². The average molecular weight is 250 g/mol. The molecule has 0 aromatic heterocycles. The van der Waals surface area contributed by atoms with Crippen LogP contribution in [-0.4, -0.2) is 33.5 Å². The molecule has 0 bridgehead atoms. The molecule has 0 amide bonds. The zero-order chi connectivity index (χ0) is 8.27. The van der Waals surface area contributed by atoms with E-state index in [9.17, 15) is 8.42 Å². The summed E-state index contributed by atoms with van der Waals surface area (Å²) in [5.41, 5.74) is 0. The number of hydrogen-bond acceptors (Lipinski definition) is 3. The maximum absolute atomic E-state index is 10.5. The Bertz CT molecular complexity index is 314. The monoisotopic (exact) mass is 250 g/mol. The third-order valence-corrected chi connectivity index (χ3v) is 2.04. The molecule has 0 spiro atoms. The Morgan fingerprint density at radius 2 is 1.83 bits per heavy atom. The number of benzene rings is 1. The Hall–Kier alpha value is -0.472. The van der Waals surface area contributed by atoms with Crippen molar-refractivity contribution in [1.29, 1.82) is 0 Å². The third-order valence-electron chi connectivity index (χ3n) is 1.28. The van der Waals surface area contributed by atoms with Gasteiger partial charge in [-0.2, -0.15) is 0 Å². The van der Waals surface area contributed by atoms with E-state index >= 15 is 0 Å². The van der Waals surface area contributed by atoms with Gasteiger partial charge in [0, 0.05) is 0 Å². The van der Waals surface area contributed by atoms with Crippen molar-refractivity contribution in [2.24, 2.45) is 0 Å². The van der Waals surface area contributed by atoms with Crippen molar-refractivity contribution in [3.8, 4) is 5.75 Å². The van der Waals surface area contributed by atoms with Gasteiger partial charge in [-0.15, -0.1) is 0 Å². The van der Waals surface area contributed by atoms with Crippen LogP contribution >= 0.6 is 0 Å². The van der Waals surface area contributed by atoms with Crippen molar-refractivity contribution >= 4 is 28.7 Å². The van der Waals surface area contributed by atoms with Crippen LogP contribution in [0.15, 0.2) is 29.2 Å². The zero-order valence-corrected chi connectivity index (χ0v) is 10.6. The van der Waals surface area contributed by atoms with Crippen LogP contribution in [0.4, 0.5) is 0 Å². The molecule has 0 aliphatic rings. The average Bonchev–Trinajstić information content (AvgIpc) is 2.04. The minimum absolute atomic E-state index is 0. The number of para-hydroxylation sites is 1. The second-order valence-corrected chi connectivity index (χ2v) is 2.92. The molecular formula is C7H11AsO3S. The number of rotatable bonds is 2. The SMILES string of the molecule is COc1ccccc1[SH](=O)=O.[AsH3]. The third kappa shape index (κ3) is 2.54. The summed E-state index contributed by atoms with van der Waals surface area (Å²) in [5, 5.41) is 0. The van der Waals surface area contributed by atoms with E-state index in [2.05, 4.69) is 0 Å². The molecule has 68 valence electrons. The van der Waals surface area contributed by atoms with Crippen LogP contribution in [0.1, 0.15) is 0 Å². The van der Waals surface area contributed by atoms with Crippen LogP contribution in [0, 0.1) is 0 Å². The summed E-state index contributed by atoms with van der Waals surface area (Å²) in [6.45, 7) is 0. The van der Waals surface area contributed by atoms with Crippen LogP contribution in [0.25, 0.3) is 0 Å². The molecule has 1 rings (SSSR count). The molecule has 0 N–H and O–H groups in total. The topological polar surface area (TPSA) is 43.4 Å². The van der Waals surface area contributed by atoms with Crippen LogP contribution in [0.5, 0.6) is 5.75 Å². The van der Waals surface area contributed by atoms with E-state index in [1.54, 1.807) is 18.2 Å². The summed E-state index contributed by atoms with van der Waals surface area (Å²) >= 11 is 0. The fourth-order valence-electron chi connectivity index (χ4n) is 0.781. The van der Waals surface area contributed by atoms with Crippen molar-refractivity contribution in [1.82, 2.24) is 0 Å². The molecule has 0 aliphatic carbocycles. The molecule has 12 heavy (non-hydrogen) atoms. The number of thiol groups is 1. The summed E-state index contributed by atoms with van der Waals surface area (Å²) < 4.78 is 25.9. The standard InChI is InChI=1S/C7H8O3S.AsH3/c1-10-6-4-2-3-5-7(6)11(8)9;/h2-5,11H,1H3;1H3. The molecule has 1 aromatic rings. The summed E-state index contributed by atoms with van der Waals surface area (Å²) in [7, 11) is -1.11. The van der Waals surface area contributed by atoms with E-state index < -0.39 is 10.7 Å². The molecular weight excluding hydrogens is 239 g/mol. The molecule has 0 heterocycles. The Labute approximate surface area is 84.0 Å². The van der Waals surface area contributed by atoms with Gasteiger partial charge in [0.15, 0.2) is 10.7 Å². The van der Waals surface area contributed by atoms with E-state index in [4.69, 9.17) is 4.74 Å². The minimum atomic E-state index is -2.55. The molecule has 3 nitrogen and oxygen atoms in total. The molecule has 0 saturated carbocycles. The fourth-order valence-corrected chi connectivity index (χ4v) is 1.33. The molecule has 1 unspecified atom stereocenters. The first-order valence-electron chi connectivity index (χ1n) is 3.03. The van der Waals surface area contributed by atoms with Gasteiger partial charge >= 0.3 is 18.0 Å². The molecule has 0 radical (unpaired) electrons. The van der Waals surface area contributed by atoms with Crippen molar-refractivity contribution in [2.45, 2.75) is 4.90 Å². The summed E-state index contributed by atoms with van der Waals surface area (Å²) in [5.74, 6) is 0.392. The maximum atomic E-state index is 10.5. The predicted octanol–water partition coefficient (Wildman–Crippen LogP) is -0.518. The zero-order valence-electron chi connectivity index (χ0n) is 6.69. The first kappa shape index (κ1) is 11.5. The molecule has 0 saturated heterocycles. The van der Waals surface area contributed by atoms with Gasteiger partial charge in [0.25, 0.3) is 0 Å². The van der Waals surface area contributed by atoms with Crippen LogP contribution in [0.3, 0.4) is 0 Å². The first-order valence-corrected chi connectivity index (χ1v) is 4.21. The van der Waals surface area contributed by atoms with Gasteiger partial charge in [-0.05, 0) is 12.1 Å². The van der Waals surface area contributed by atoms with Crippen LogP contribution < -0.4 is 4.74 Å². The van der Waals surface area contributed by atoms with Gasteiger partial charge in [0.05, 0.1) is 7.11 Å². The van der Waals surface area contributed by atoms with Crippen LogP contribution in [-0.2, 0) is 10.7 Å². The Kier molecular flexibility index (Phi) is 5.02. The Balaban J connectivity index is 0.00000121. The predicted molar refractivity (Wildman–Crippen MR) is 51.5 cm³/mol. The quantitative estimate of drug-likeness (QED) is 0.567. The van der Waals surface area contributed by atoms with E-state index in [0.717, 1.165) is 0 Å². The Morgan fingerprint density at radius 3 is 2.25 bits per heavy atom.